The van der Waals surface area contributed by atoms with E-state index in [2.05, 4.69) is 5.32 Å². The van der Waals surface area contributed by atoms with E-state index >= 15 is 0 Å². The zero-order valence-corrected chi connectivity index (χ0v) is 12.0. The molecule has 1 unspecified atom stereocenters. The molecule has 100 valence electrons. The molecule has 1 heterocycles. The molecule has 0 spiro atoms. The summed E-state index contributed by atoms with van der Waals surface area (Å²) in [5.74, 6) is 0.658. The highest BCUT2D eigenvalue weighted by Gasteiger charge is 2.41. The summed E-state index contributed by atoms with van der Waals surface area (Å²) in [5.41, 5.74) is 0.346. The fourth-order valence-electron chi connectivity index (χ4n) is 2.26. The van der Waals surface area contributed by atoms with Crippen LogP contribution in [0.15, 0.2) is 23.1 Å². The molecule has 0 amide bonds. The molecule has 1 aromatic carbocycles. The fourth-order valence-corrected chi connectivity index (χ4v) is 4.50. The summed E-state index contributed by atoms with van der Waals surface area (Å²) in [4.78, 5) is 0.370. The van der Waals surface area contributed by atoms with Gasteiger partial charge < -0.3 is 10.1 Å². The van der Waals surface area contributed by atoms with Gasteiger partial charge in [0.1, 0.15) is 5.75 Å². The molecule has 0 saturated carbocycles. The SMILES string of the molecule is COc1ccc2c(c1)NCC(C(C)(C)C)S2(=O)=O. The van der Waals surface area contributed by atoms with Crippen LogP contribution in [0.1, 0.15) is 20.8 Å². The number of benzene rings is 1. The summed E-state index contributed by atoms with van der Waals surface area (Å²) >= 11 is 0. The van der Waals surface area contributed by atoms with Crippen molar-refractivity contribution in [3.8, 4) is 5.75 Å². The molecule has 0 saturated heterocycles. The molecule has 1 aromatic rings. The molecule has 1 atom stereocenters. The second kappa shape index (κ2) is 4.16. The van der Waals surface area contributed by atoms with Crippen molar-refractivity contribution in [1.29, 1.82) is 0 Å². The van der Waals surface area contributed by atoms with E-state index in [-0.39, 0.29) is 5.41 Å². The third kappa shape index (κ3) is 2.07. The normalized spacial score (nSPS) is 21.9. The van der Waals surface area contributed by atoms with Crippen LogP contribution in [-0.4, -0.2) is 27.3 Å². The van der Waals surface area contributed by atoms with E-state index in [1.807, 2.05) is 20.8 Å². The van der Waals surface area contributed by atoms with E-state index in [1.54, 1.807) is 25.3 Å². The van der Waals surface area contributed by atoms with Gasteiger partial charge in [0.2, 0.25) is 0 Å². The monoisotopic (exact) mass is 269 g/mol. The topological polar surface area (TPSA) is 55.4 Å². The number of hydrogen-bond acceptors (Lipinski definition) is 4. The second-order valence-corrected chi connectivity index (χ2v) is 7.74. The Balaban J connectivity index is 2.53. The van der Waals surface area contributed by atoms with Gasteiger partial charge in [0.15, 0.2) is 9.84 Å². The first kappa shape index (κ1) is 13.2. The summed E-state index contributed by atoms with van der Waals surface area (Å²) in [6.07, 6.45) is 0. The zero-order chi connectivity index (χ0) is 13.6. The van der Waals surface area contributed by atoms with Crippen LogP contribution in [0.5, 0.6) is 5.75 Å². The highest BCUT2D eigenvalue weighted by Crippen LogP contribution is 2.38. The summed E-state index contributed by atoms with van der Waals surface area (Å²) < 4.78 is 30.2. The Labute approximate surface area is 108 Å². The van der Waals surface area contributed by atoms with Crippen molar-refractivity contribution < 1.29 is 13.2 Å². The summed E-state index contributed by atoms with van der Waals surface area (Å²) in [6, 6.07) is 5.03. The van der Waals surface area contributed by atoms with Crippen LogP contribution in [0.4, 0.5) is 5.69 Å². The Bertz CT molecular complexity index is 558. The van der Waals surface area contributed by atoms with E-state index < -0.39 is 15.1 Å². The summed E-state index contributed by atoms with van der Waals surface area (Å²) in [7, 11) is -1.72. The number of hydrogen-bond donors (Lipinski definition) is 1. The lowest BCUT2D eigenvalue weighted by Gasteiger charge is -2.35. The number of sulfone groups is 1. The average molecular weight is 269 g/mol. The summed E-state index contributed by atoms with van der Waals surface area (Å²) in [5, 5.41) is 2.78. The molecule has 0 aliphatic carbocycles. The lowest BCUT2D eigenvalue weighted by molar-refractivity contribution is 0.382. The van der Waals surface area contributed by atoms with Crippen LogP contribution in [-0.2, 0) is 9.84 Å². The Morgan fingerprint density at radius 2 is 2.00 bits per heavy atom. The third-order valence-corrected chi connectivity index (χ3v) is 5.90. The maximum Gasteiger partial charge on any atom is 0.185 e. The number of rotatable bonds is 1. The standard InChI is InChI=1S/C13H19NO3S/c1-13(2,3)12-8-14-10-7-9(17-4)5-6-11(10)18(12,15)16/h5-7,12,14H,8H2,1-4H3. The van der Waals surface area contributed by atoms with Gasteiger partial charge in [-0.2, -0.15) is 0 Å². The number of fused-ring (bicyclic) bond motifs is 1. The first-order valence-electron chi connectivity index (χ1n) is 5.92. The van der Waals surface area contributed by atoms with Gasteiger partial charge in [-0.3, -0.25) is 0 Å². The minimum absolute atomic E-state index is 0.288. The highest BCUT2D eigenvalue weighted by molar-refractivity contribution is 7.92. The molecule has 0 fully saturated rings. The second-order valence-electron chi connectivity index (χ2n) is 5.64. The van der Waals surface area contributed by atoms with Crippen LogP contribution in [0.2, 0.25) is 0 Å². The Hall–Kier alpha value is -1.23. The maximum absolute atomic E-state index is 12.6. The number of methoxy groups -OCH3 is 1. The quantitative estimate of drug-likeness (QED) is 0.850. The van der Waals surface area contributed by atoms with Crippen LogP contribution < -0.4 is 10.1 Å². The van der Waals surface area contributed by atoms with E-state index in [0.29, 0.717) is 22.9 Å². The van der Waals surface area contributed by atoms with Gasteiger partial charge >= 0.3 is 0 Å². The molecule has 0 radical (unpaired) electrons. The Morgan fingerprint density at radius 3 is 2.56 bits per heavy atom. The highest BCUT2D eigenvalue weighted by atomic mass is 32.2. The number of ether oxygens (including phenoxy) is 1. The Kier molecular flexibility index (Phi) is 3.05. The van der Waals surface area contributed by atoms with Gasteiger partial charge in [-0.25, -0.2) is 8.42 Å². The molecule has 2 rings (SSSR count). The van der Waals surface area contributed by atoms with Gasteiger partial charge in [0, 0.05) is 12.6 Å². The van der Waals surface area contributed by atoms with Gasteiger partial charge in [-0.05, 0) is 17.5 Å². The largest absolute Gasteiger partial charge is 0.497 e. The predicted octanol–water partition coefficient (Wildman–Crippen LogP) is 2.31. The molecule has 0 bridgehead atoms. The van der Waals surface area contributed by atoms with E-state index in [4.69, 9.17) is 4.74 Å². The van der Waals surface area contributed by atoms with Crippen LogP contribution in [0, 0.1) is 5.41 Å². The first-order valence-corrected chi connectivity index (χ1v) is 7.47. The maximum atomic E-state index is 12.6. The van der Waals surface area contributed by atoms with Crippen molar-refractivity contribution in [1.82, 2.24) is 0 Å². The summed E-state index contributed by atoms with van der Waals surface area (Å²) in [6.45, 7) is 6.29. The van der Waals surface area contributed by atoms with E-state index in [1.165, 1.54) is 0 Å². The first-order chi connectivity index (χ1) is 8.26. The van der Waals surface area contributed by atoms with Gasteiger partial charge in [0.25, 0.3) is 0 Å². The van der Waals surface area contributed by atoms with Crippen molar-refractivity contribution in [3.05, 3.63) is 18.2 Å². The van der Waals surface area contributed by atoms with Gasteiger partial charge in [-0.1, -0.05) is 20.8 Å². The molecule has 0 aromatic heterocycles. The average Bonchev–Trinajstić information content (AvgIpc) is 2.26. The minimum atomic E-state index is -3.28. The van der Waals surface area contributed by atoms with E-state index in [9.17, 15) is 8.42 Å². The fraction of sp³-hybridized carbons (Fsp3) is 0.538. The van der Waals surface area contributed by atoms with Crippen LogP contribution in [0.3, 0.4) is 0 Å². The van der Waals surface area contributed by atoms with Crippen LogP contribution >= 0.6 is 0 Å². The van der Waals surface area contributed by atoms with E-state index in [0.717, 1.165) is 0 Å². The van der Waals surface area contributed by atoms with Crippen molar-refractivity contribution >= 4 is 15.5 Å². The third-order valence-electron chi connectivity index (χ3n) is 3.31. The molecule has 1 aliphatic heterocycles. The van der Waals surface area contributed by atoms with Crippen molar-refractivity contribution in [2.45, 2.75) is 30.9 Å². The molecule has 5 heteroatoms. The molecular formula is C13H19NO3S. The predicted molar refractivity (Wildman–Crippen MR) is 71.9 cm³/mol. The van der Waals surface area contributed by atoms with Crippen molar-refractivity contribution in [2.24, 2.45) is 5.41 Å². The van der Waals surface area contributed by atoms with Gasteiger partial charge in [0.05, 0.1) is 22.9 Å². The van der Waals surface area contributed by atoms with Crippen LogP contribution in [0.25, 0.3) is 0 Å². The molecule has 4 nitrogen and oxygen atoms in total. The number of nitrogens with one attached hydrogen (secondary N) is 1. The minimum Gasteiger partial charge on any atom is -0.497 e. The zero-order valence-electron chi connectivity index (χ0n) is 11.1. The van der Waals surface area contributed by atoms with Crippen molar-refractivity contribution in [2.75, 3.05) is 19.0 Å². The van der Waals surface area contributed by atoms with Gasteiger partial charge in [-0.15, -0.1) is 0 Å². The molecular weight excluding hydrogens is 250 g/mol. The number of anilines is 1. The molecule has 1 N–H and O–H groups in total. The smallest absolute Gasteiger partial charge is 0.185 e. The molecule has 18 heavy (non-hydrogen) atoms. The Morgan fingerprint density at radius 1 is 1.33 bits per heavy atom. The molecule has 1 aliphatic rings. The van der Waals surface area contributed by atoms with Crippen molar-refractivity contribution in [3.63, 3.8) is 0 Å². The lowest BCUT2D eigenvalue weighted by Crippen LogP contribution is -2.43. The lowest BCUT2D eigenvalue weighted by atomic mass is 9.91.